The summed E-state index contributed by atoms with van der Waals surface area (Å²) in [5.74, 6) is 3.56. The third-order valence-corrected chi connectivity index (χ3v) is 4.31. The molecule has 2 rings (SSSR count). The highest BCUT2D eigenvalue weighted by Crippen LogP contribution is 2.35. The predicted molar refractivity (Wildman–Crippen MR) is 73.2 cm³/mol. The second-order valence-corrected chi connectivity index (χ2v) is 5.75. The quantitative estimate of drug-likeness (QED) is 0.869. The van der Waals surface area contributed by atoms with Gasteiger partial charge in [-0.2, -0.15) is 5.10 Å². The topological polar surface area (TPSA) is 42.7 Å². The smallest absolute Gasteiger partial charge is 0.138 e. The largest absolute Gasteiger partial charge is 0.317 e. The van der Waals surface area contributed by atoms with Crippen molar-refractivity contribution in [3.63, 3.8) is 0 Å². The average molecular weight is 250 g/mol. The van der Waals surface area contributed by atoms with Crippen LogP contribution in [0.2, 0.25) is 0 Å². The van der Waals surface area contributed by atoms with E-state index in [4.69, 9.17) is 0 Å². The fourth-order valence-corrected chi connectivity index (χ4v) is 3.15. The molecule has 4 heteroatoms. The molecule has 3 unspecified atom stereocenters. The van der Waals surface area contributed by atoms with E-state index in [0.29, 0.717) is 0 Å². The molecule has 1 fully saturated rings. The van der Waals surface area contributed by atoms with E-state index >= 15 is 0 Å². The summed E-state index contributed by atoms with van der Waals surface area (Å²) in [5, 5.41) is 7.69. The standard InChI is InChI=1S/C14H26N4/c1-4-15-9-12-6-5-11(2)7-13(12)8-14-16-10-17-18(14)3/h10-13,15H,4-9H2,1-3H3. The molecule has 0 radical (unpaired) electrons. The molecule has 102 valence electrons. The van der Waals surface area contributed by atoms with Crippen molar-refractivity contribution in [1.29, 1.82) is 0 Å². The van der Waals surface area contributed by atoms with Gasteiger partial charge in [0.2, 0.25) is 0 Å². The van der Waals surface area contributed by atoms with Crippen LogP contribution in [0.3, 0.4) is 0 Å². The Bertz CT molecular complexity index is 358. The lowest BCUT2D eigenvalue weighted by Gasteiger charge is -2.35. The van der Waals surface area contributed by atoms with Crippen LogP contribution in [0.4, 0.5) is 0 Å². The van der Waals surface area contributed by atoms with E-state index in [-0.39, 0.29) is 0 Å². The first kappa shape index (κ1) is 13.5. The molecule has 0 bridgehead atoms. The van der Waals surface area contributed by atoms with Crippen LogP contribution in [-0.2, 0) is 13.5 Å². The van der Waals surface area contributed by atoms with E-state index in [1.807, 2.05) is 11.7 Å². The molecule has 1 heterocycles. The maximum absolute atomic E-state index is 4.38. The van der Waals surface area contributed by atoms with Crippen LogP contribution in [0.15, 0.2) is 6.33 Å². The lowest BCUT2D eigenvalue weighted by molar-refractivity contribution is 0.181. The van der Waals surface area contributed by atoms with Crippen LogP contribution in [-0.4, -0.2) is 27.9 Å². The summed E-state index contributed by atoms with van der Waals surface area (Å²) in [6, 6.07) is 0. The first-order valence-corrected chi connectivity index (χ1v) is 7.24. The third kappa shape index (κ3) is 3.31. The Hall–Kier alpha value is -0.900. The van der Waals surface area contributed by atoms with Crippen molar-refractivity contribution in [2.24, 2.45) is 24.8 Å². The number of hydrogen-bond donors (Lipinski definition) is 1. The molecule has 0 amide bonds. The van der Waals surface area contributed by atoms with Gasteiger partial charge >= 0.3 is 0 Å². The number of nitrogens with zero attached hydrogens (tertiary/aromatic N) is 3. The van der Waals surface area contributed by atoms with E-state index in [9.17, 15) is 0 Å². The van der Waals surface area contributed by atoms with Gasteiger partial charge in [-0.15, -0.1) is 0 Å². The molecule has 4 nitrogen and oxygen atoms in total. The van der Waals surface area contributed by atoms with E-state index in [1.165, 1.54) is 19.3 Å². The summed E-state index contributed by atoms with van der Waals surface area (Å²) >= 11 is 0. The Morgan fingerprint density at radius 3 is 2.89 bits per heavy atom. The maximum atomic E-state index is 4.38. The highest BCUT2D eigenvalue weighted by molar-refractivity contribution is 4.91. The number of aromatic nitrogens is 3. The van der Waals surface area contributed by atoms with Gasteiger partial charge in [0.25, 0.3) is 0 Å². The number of aryl methyl sites for hydroxylation is 1. The Morgan fingerprint density at radius 2 is 2.22 bits per heavy atom. The molecule has 3 atom stereocenters. The molecule has 0 aliphatic heterocycles. The van der Waals surface area contributed by atoms with Gasteiger partial charge in [-0.3, -0.25) is 4.68 Å². The summed E-state index contributed by atoms with van der Waals surface area (Å²) in [7, 11) is 1.99. The number of nitrogens with one attached hydrogen (secondary N) is 1. The zero-order chi connectivity index (χ0) is 13.0. The molecule has 18 heavy (non-hydrogen) atoms. The molecule has 1 saturated carbocycles. The van der Waals surface area contributed by atoms with Crippen LogP contribution in [0.1, 0.15) is 38.9 Å². The van der Waals surface area contributed by atoms with Gasteiger partial charge in [0.05, 0.1) is 0 Å². The first-order valence-electron chi connectivity index (χ1n) is 7.24. The summed E-state index contributed by atoms with van der Waals surface area (Å²) in [6.45, 7) is 6.80. The molecule has 0 saturated heterocycles. The van der Waals surface area contributed by atoms with E-state index in [0.717, 1.165) is 43.1 Å². The lowest BCUT2D eigenvalue weighted by atomic mass is 9.73. The Labute approximate surface area is 110 Å². The molecule has 1 aromatic rings. The molecule has 1 aromatic heterocycles. The van der Waals surface area contributed by atoms with Crippen molar-refractivity contribution in [3.05, 3.63) is 12.2 Å². The molecule has 1 N–H and O–H groups in total. The summed E-state index contributed by atoms with van der Waals surface area (Å²) in [5.41, 5.74) is 0. The maximum Gasteiger partial charge on any atom is 0.138 e. The van der Waals surface area contributed by atoms with Gasteiger partial charge < -0.3 is 5.32 Å². The van der Waals surface area contributed by atoms with Crippen molar-refractivity contribution >= 4 is 0 Å². The third-order valence-electron chi connectivity index (χ3n) is 4.31. The van der Waals surface area contributed by atoms with E-state index < -0.39 is 0 Å². The van der Waals surface area contributed by atoms with Crippen molar-refractivity contribution in [1.82, 2.24) is 20.1 Å². The van der Waals surface area contributed by atoms with Crippen molar-refractivity contribution in [3.8, 4) is 0 Å². The normalized spacial score (nSPS) is 28.5. The number of rotatable bonds is 5. The number of hydrogen-bond acceptors (Lipinski definition) is 3. The molecular formula is C14H26N4. The minimum atomic E-state index is 0.760. The van der Waals surface area contributed by atoms with Gasteiger partial charge in [-0.05, 0) is 43.7 Å². The monoisotopic (exact) mass is 250 g/mol. The SMILES string of the molecule is CCNCC1CCC(C)CC1Cc1ncnn1C. The minimum Gasteiger partial charge on any atom is -0.317 e. The van der Waals surface area contributed by atoms with Gasteiger partial charge in [-0.25, -0.2) is 4.98 Å². The van der Waals surface area contributed by atoms with Gasteiger partial charge in [-0.1, -0.05) is 20.3 Å². The average Bonchev–Trinajstić information content (AvgIpc) is 2.74. The minimum absolute atomic E-state index is 0.760. The van der Waals surface area contributed by atoms with Crippen LogP contribution in [0, 0.1) is 17.8 Å². The van der Waals surface area contributed by atoms with Crippen LogP contribution in [0.5, 0.6) is 0 Å². The fraction of sp³-hybridized carbons (Fsp3) is 0.857. The molecule has 1 aliphatic rings. The van der Waals surface area contributed by atoms with Crippen molar-refractivity contribution in [2.75, 3.05) is 13.1 Å². The Morgan fingerprint density at radius 1 is 1.39 bits per heavy atom. The zero-order valence-electron chi connectivity index (χ0n) is 11.9. The predicted octanol–water partition coefficient (Wildman–Crippen LogP) is 2.02. The molecular weight excluding hydrogens is 224 g/mol. The summed E-state index contributed by atoms with van der Waals surface area (Å²) < 4.78 is 1.92. The zero-order valence-corrected chi connectivity index (χ0v) is 11.9. The van der Waals surface area contributed by atoms with Gasteiger partial charge in [0.15, 0.2) is 0 Å². The Kier molecular flexibility index (Phi) is 4.75. The molecule has 1 aliphatic carbocycles. The fourth-order valence-electron chi connectivity index (χ4n) is 3.15. The van der Waals surface area contributed by atoms with Crippen molar-refractivity contribution < 1.29 is 0 Å². The van der Waals surface area contributed by atoms with Gasteiger partial charge in [0, 0.05) is 13.5 Å². The lowest BCUT2D eigenvalue weighted by Crippen LogP contribution is -2.34. The highest BCUT2D eigenvalue weighted by Gasteiger charge is 2.29. The summed E-state index contributed by atoms with van der Waals surface area (Å²) in [6.07, 6.45) is 6.82. The van der Waals surface area contributed by atoms with Crippen LogP contribution >= 0.6 is 0 Å². The van der Waals surface area contributed by atoms with Gasteiger partial charge in [0.1, 0.15) is 12.2 Å². The summed E-state index contributed by atoms with van der Waals surface area (Å²) in [4.78, 5) is 4.38. The van der Waals surface area contributed by atoms with E-state index in [2.05, 4.69) is 29.2 Å². The van der Waals surface area contributed by atoms with E-state index in [1.54, 1.807) is 6.33 Å². The van der Waals surface area contributed by atoms with Crippen LogP contribution in [0.25, 0.3) is 0 Å². The second kappa shape index (κ2) is 6.32. The molecule has 0 aromatic carbocycles. The first-order chi connectivity index (χ1) is 8.70. The van der Waals surface area contributed by atoms with Crippen molar-refractivity contribution in [2.45, 2.75) is 39.5 Å². The Balaban J connectivity index is 1.98. The molecule has 0 spiro atoms. The highest BCUT2D eigenvalue weighted by atomic mass is 15.3. The van der Waals surface area contributed by atoms with Crippen LogP contribution < -0.4 is 5.32 Å². The second-order valence-electron chi connectivity index (χ2n) is 5.75.